The Balaban J connectivity index is 1.81. The van der Waals surface area contributed by atoms with Crippen LogP contribution in [0.5, 0.6) is 5.75 Å². The molecule has 0 saturated carbocycles. The smallest absolute Gasteiger partial charge is 0.120 e. The molecule has 0 bridgehead atoms. The highest BCUT2D eigenvalue weighted by Gasteiger charge is 2.21. The predicted molar refractivity (Wildman–Crippen MR) is 72.6 cm³/mol. The number of nitrogens with one attached hydrogen (secondary N) is 1. The fourth-order valence-electron chi connectivity index (χ4n) is 2.50. The Labute approximate surface area is 109 Å². The van der Waals surface area contributed by atoms with Crippen LogP contribution in [-0.2, 0) is 11.3 Å². The van der Waals surface area contributed by atoms with E-state index in [-0.39, 0.29) is 0 Å². The highest BCUT2D eigenvalue weighted by molar-refractivity contribution is 5.31. The van der Waals surface area contributed by atoms with E-state index in [1.165, 1.54) is 6.42 Å². The van der Waals surface area contributed by atoms with Crippen molar-refractivity contribution in [2.45, 2.75) is 51.3 Å². The number of phenols is 1. The second kappa shape index (κ2) is 6.76. The zero-order valence-electron chi connectivity index (χ0n) is 11.1. The summed E-state index contributed by atoms with van der Waals surface area (Å²) in [6.07, 6.45) is 4.88. The number of aromatic hydroxyl groups is 1. The van der Waals surface area contributed by atoms with Gasteiger partial charge in [-0.3, -0.25) is 0 Å². The summed E-state index contributed by atoms with van der Waals surface area (Å²) in [6.45, 7) is 3.78. The van der Waals surface area contributed by atoms with Crippen molar-refractivity contribution in [1.29, 1.82) is 0 Å². The topological polar surface area (TPSA) is 41.5 Å². The zero-order valence-corrected chi connectivity index (χ0v) is 11.1. The van der Waals surface area contributed by atoms with Crippen LogP contribution in [-0.4, -0.2) is 23.9 Å². The number of rotatable bonds is 5. The van der Waals surface area contributed by atoms with Crippen molar-refractivity contribution in [1.82, 2.24) is 5.32 Å². The summed E-state index contributed by atoms with van der Waals surface area (Å²) in [4.78, 5) is 0. The Hall–Kier alpha value is -1.06. The number of benzene rings is 1. The van der Waals surface area contributed by atoms with E-state index in [4.69, 9.17) is 4.74 Å². The highest BCUT2D eigenvalue weighted by atomic mass is 16.5. The molecule has 0 spiro atoms. The average molecular weight is 249 g/mol. The SMILES string of the molecule is CCCC1CC(NCc2ccccc2O)CCO1. The van der Waals surface area contributed by atoms with Gasteiger partial charge in [-0.2, -0.15) is 0 Å². The quantitative estimate of drug-likeness (QED) is 0.843. The predicted octanol–water partition coefficient (Wildman–Crippen LogP) is 2.83. The minimum absolute atomic E-state index is 0.377. The molecule has 100 valence electrons. The lowest BCUT2D eigenvalue weighted by Crippen LogP contribution is -2.38. The molecule has 0 aromatic heterocycles. The monoisotopic (exact) mass is 249 g/mol. The first-order valence-corrected chi connectivity index (χ1v) is 6.91. The molecule has 0 aliphatic carbocycles. The molecular formula is C15H23NO2. The van der Waals surface area contributed by atoms with Crippen molar-refractivity contribution in [3.8, 4) is 5.75 Å². The lowest BCUT2D eigenvalue weighted by atomic mass is 10.00. The van der Waals surface area contributed by atoms with E-state index in [0.717, 1.165) is 38.0 Å². The average Bonchev–Trinajstić information content (AvgIpc) is 2.39. The molecule has 1 aliphatic rings. The Morgan fingerprint density at radius 3 is 3.00 bits per heavy atom. The first-order valence-electron chi connectivity index (χ1n) is 6.91. The molecule has 1 aromatic rings. The summed E-state index contributed by atoms with van der Waals surface area (Å²) in [5, 5.41) is 13.2. The number of ether oxygens (including phenoxy) is 1. The number of hydrogen-bond donors (Lipinski definition) is 2. The van der Waals surface area contributed by atoms with Crippen molar-refractivity contribution in [3.63, 3.8) is 0 Å². The summed E-state index contributed by atoms with van der Waals surface area (Å²) in [5.74, 6) is 0.377. The Kier molecular flexibility index (Phi) is 5.02. The molecule has 1 aliphatic heterocycles. The molecule has 1 heterocycles. The molecule has 2 rings (SSSR count). The number of hydrogen-bond acceptors (Lipinski definition) is 3. The van der Waals surface area contributed by atoms with Gasteiger partial charge in [0.2, 0.25) is 0 Å². The maximum Gasteiger partial charge on any atom is 0.120 e. The minimum atomic E-state index is 0.377. The first-order chi connectivity index (χ1) is 8.79. The molecule has 1 saturated heterocycles. The van der Waals surface area contributed by atoms with E-state index in [9.17, 15) is 5.11 Å². The molecular weight excluding hydrogens is 226 g/mol. The lowest BCUT2D eigenvalue weighted by molar-refractivity contribution is -0.00344. The van der Waals surface area contributed by atoms with Gasteiger partial charge in [-0.25, -0.2) is 0 Å². The fraction of sp³-hybridized carbons (Fsp3) is 0.600. The van der Waals surface area contributed by atoms with E-state index in [0.29, 0.717) is 17.9 Å². The molecule has 3 heteroatoms. The maximum atomic E-state index is 9.71. The van der Waals surface area contributed by atoms with Crippen LogP contribution in [0.4, 0.5) is 0 Å². The Morgan fingerprint density at radius 2 is 2.22 bits per heavy atom. The van der Waals surface area contributed by atoms with E-state index in [2.05, 4.69) is 12.2 Å². The molecule has 18 heavy (non-hydrogen) atoms. The van der Waals surface area contributed by atoms with Gasteiger partial charge < -0.3 is 15.2 Å². The van der Waals surface area contributed by atoms with Crippen molar-refractivity contribution < 1.29 is 9.84 Å². The van der Waals surface area contributed by atoms with Gasteiger partial charge in [0.1, 0.15) is 5.75 Å². The summed E-state index contributed by atoms with van der Waals surface area (Å²) < 4.78 is 5.73. The standard InChI is InChI=1S/C15H23NO2/c1-2-5-14-10-13(8-9-18-14)16-11-12-6-3-4-7-15(12)17/h3-4,6-7,13-14,16-17H,2,5,8-11H2,1H3. The Bertz CT molecular complexity index is 365. The van der Waals surface area contributed by atoms with Crippen molar-refractivity contribution >= 4 is 0 Å². The second-order valence-electron chi connectivity index (χ2n) is 5.01. The van der Waals surface area contributed by atoms with Gasteiger partial charge in [0.15, 0.2) is 0 Å². The maximum absolute atomic E-state index is 9.71. The van der Waals surface area contributed by atoms with Gasteiger partial charge in [0, 0.05) is 24.8 Å². The molecule has 2 N–H and O–H groups in total. The van der Waals surface area contributed by atoms with Crippen LogP contribution in [0.15, 0.2) is 24.3 Å². The molecule has 3 nitrogen and oxygen atoms in total. The van der Waals surface area contributed by atoms with E-state index < -0.39 is 0 Å². The van der Waals surface area contributed by atoms with Crippen molar-refractivity contribution in [2.24, 2.45) is 0 Å². The van der Waals surface area contributed by atoms with Gasteiger partial charge in [0.05, 0.1) is 6.10 Å². The summed E-state index contributed by atoms with van der Waals surface area (Å²) in [5.41, 5.74) is 0.969. The third kappa shape index (κ3) is 3.72. The van der Waals surface area contributed by atoms with Gasteiger partial charge in [-0.15, -0.1) is 0 Å². The highest BCUT2D eigenvalue weighted by Crippen LogP contribution is 2.20. The van der Waals surface area contributed by atoms with E-state index >= 15 is 0 Å². The molecule has 0 amide bonds. The third-order valence-corrected chi connectivity index (χ3v) is 3.55. The van der Waals surface area contributed by atoms with Crippen LogP contribution >= 0.6 is 0 Å². The van der Waals surface area contributed by atoms with Crippen LogP contribution < -0.4 is 5.32 Å². The van der Waals surface area contributed by atoms with Crippen LogP contribution in [0, 0.1) is 0 Å². The zero-order chi connectivity index (χ0) is 12.8. The van der Waals surface area contributed by atoms with Gasteiger partial charge in [0.25, 0.3) is 0 Å². The van der Waals surface area contributed by atoms with E-state index in [1.54, 1.807) is 6.07 Å². The van der Waals surface area contributed by atoms with Gasteiger partial charge in [-0.05, 0) is 25.3 Å². The number of phenolic OH excluding ortho intramolecular Hbond substituents is 1. The van der Waals surface area contributed by atoms with Crippen LogP contribution in [0.2, 0.25) is 0 Å². The third-order valence-electron chi connectivity index (χ3n) is 3.55. The van der Waals surface area contributed by atoms with Crippen molar-refractivity contribution in [3.05, 3.63) is 29.8 Å². The summed E-state index contributed by atoms with van der Waals surface area (Å²) >= 11 is 0. The molecule has 1 aromatic carbocycles. The summed E-state index contributed by atoms with van der Waals surface area (Å²) in [7, 11) is 0. The molecule has 0 radical (unpaired) electrons. The van der Waals surface area contributed by atoms with Crippen LogP contribution in [0.1, 0.15) is 38.2 Å². The van der Waals surface area contributed by atoms with Crippen LogP contribution in [0.3, 0.4) is 0 Å². The molecule has 1 fully saturated rings. The first kappa shape index (κ1) is 13.4. The molecule has 2 unspecified atom stereocenters. The minimum Gasteiger partial charge on any atom is -0.508 e. The second-order valence-corrected chi connectivity index (χ2v) is 5.01. The van der Waals surface area contributed by atoms with Crippen molar-refractivity contribution in [2.75, 3.05) is 6.61 Å². The van der Waals surface area contributed by atoms with Gasteiger partial charge in [-0.1, -0.05) is 31.5 Å². The van der Waals surface area contributed by atoms with Crippen LogP contribution in [0.25, 0.3) is 0 Å². The fourth-order valence-corrected chi connectivity index (χ4v) is 2.50. The number of para-hydroxylation sites is 1. The lowest BCUT2D eigenvalue weighted by Gasteiger charge is -2.30. The molecule has 2 atom stereocenters. The summed E-state index contributed by atoms with van der Waals surface area (Å²) in [6, 6.07) is 8.02. The van der Waals surface area contributed by atoms with Gasteiger partial charge >= 0.3 is 0 Å². The van der Waals surface area contributed by atoms with E-state index in [1.807, 2.05) is 18.2 Å². The largest absolute Gasteiger partial charge is 0.508 e. The Morgan fingerprint density at radius 1 is 1.39 bits per heavy atom. The normalized spacial score (nSPS) is 24.1.